The van der Waals surface area contributed by atoms with E-state index in [-0.39, 0.29) is 24.3 Å². The van der Waals surface area contributed by atoms with Gasteiger partial charge in [-0.3, -0.25) is 44.0 Å². The number of pyridine rings is 2. The van der Waals surface area contributed by atoms with Crippen molar-refractivity contribution in [2.24, 2.45) is 13.0 Å². The van der Waals surface area contributed by atoms with Crippen molar-refractivity contribution in [3.05, 3.63) is 80.9 Å². The Morgan fingerprint density at radius 1 is 0.825 bits per heavy atom. The number of ether oxygens (including phenoxy) is 2. The quantitative estimate of drug-likeness (QED) is 0.220. The van der Waals surface area contributed by atoms with E-state index in [1.165, 1.54) is 0 Å². The minimum Gasteiger partial charge on any atom is -0.496 e. The summed E-state index contributed by atoms with van der Waals surface area (Å²) in [4.78, 5) is 76.0. The summed E-state index contributed by atoms with van der Waals surface area (Å²) in [6, 6.07) is 8.73. The number of carbonyl (C=O) groups excluding carboxylic acids is 4. The highest BCUT2D eigenvalue weighted by Crippen LogP contribution is 2.39. The molecule has 4 aliphatic heterocycles. The molecule has 1 atom stereocenters. The number of likely N-dealkylation sites (tertiary alicyclic amines) is 1. The van der Waals surface area contributed by atoms with Gasteiger partial charge in [0, 0.05) is 70.5 Å². The van der Waals surface area contributed by atoms with Crippen LogP contribution in [0.2, 0.25) is 0 Å². The maximum absolute atomic E-state index is 13.3. The molecular formula is C43H49N7O7. The fourth-order valence-electron chi connectivity index (χ4n) is 8.98. The van der Waals surface area contributed by atoms with Gasteiger partial charge in [0.1, 0.15) is 23.4 Å². The molecule has 6 heterocycles. The molecular weight excluding hydrogens is 727 g/mol. The number of piperidine rings is 2. The molecule has 4 amide bonds. The molecule has 1 N–H and O–H groups in total. The first-order chi connectivity index (χ1) is 27.4. The number of hydrogen-bond donors (Lipinski definition) is 1. The first kappa shape index (κ1) is 38.3. The standard InChI is InChI=1S/C43H49N7O7/c1-46(2)38-19-29-32(20-44-38)41(53)47(3)23-33(29)26-17-36(56-4)34(37(18-26)57-5)24-48-13-10-25(11-14-48)7-6-12-49-21-27-15-30-31(16-28(27)22-49)43(55)50(42(30)54)35-8-9-39(51)45-40(35)52/h15-20,23,25,35H,6-14,21-22,24H2,1-5H3,(H,45,51,52). The lowest BCUT2D eigenvalue weighted by Crippen LogP contribution is -2.54. The van der Waals surface area contributed by atoms with Crippen molar-refractivity contribution in [3.8, 4) is 22.6 Å². The van der Waals surface area contributed by atoms with Gasteiger partial charge in [-0.05, 0) is 105 Å². The molecule has 2 saturated heterocycles. The van der Waals surface area contributed by atoms with Crippen LogP contribution in [0, 0.1) is 5.92 Å². The summed E-state index contributed by atoms with van der Waals surface area (Å²) in [5.41, 5.74) is 5.47. The Morgan fingerprint density at radius 2 is 1.47 bits per heavy atom. The van der Waals surface area contributed by atoms with E-state index in [0.717, 1.165) is 114 Å². The fraction of sp³-hybridized carbons (Fsp3) is 0.442. The van der Waals surface area contributed by atoms with E-state index in [4.69, 9.17) is 9.47 Å². The van der Waals surface area contributed by atoms with E-state index in [9.17, 15) is 24.0 Å². The molecule has 4 aliphatic rings. The van der Waals surface area contributed by atoms with Gasteiger partial charge < -0.3 is 18.9 Å². The van der Waals surface area contributed by atoms with Crippen LogP contribution < -0.4 is 25.2 Å². The van der Waals surface area contributed by atoms with E-state index in [0.29, 0.717) is 29.0 Å². The maximum atomic E-state index is 13.3. The van der Waals surface area contributed by atoms with Crippen LogP contribution in [0.3, 0.4) is 0 Å². The summed E-state index contributed by atoms with van der Waals surface area (Å²) in [7, 11) is 8.98. The Hall–Kier alpha value is -5.60. The number of fused-ring (bicyclic) bond motifs is 3. The third kappa shape index (κ3) is 7.16. The number of nitrogens with zero attached hydrogens (tertiary/aromatic N) is 6. The average molecular weight is 776 g/mol. The van der Waals surface area contributed by atoms with Crippen molar-refractivity contribution < 1.29 is 28.7 Å². The zero-order chi connectivity index (χ0) is 40.1. The first-order valence-electron chi connectivity index (χ1n) is 19.7. The van der Waals surface area contributed by atoms with Crippen molar-refractivity contribution in [2.45, 2.75) is 64.2 Å². The van der Waals surface area contributed by atoms with Gasteiger partial charge in [-0.15, -0.1) is 0 Å². The van der Waals surface area contributed by atoms with Gasteiger partial charge in [-0.25, -0.2) is 4.98 Å². The second kappa shape index (κ2) is 15.4. The van der Waals surface area contributed by atoms with Crippen molar-refractivity contribution >= 4 is 40.2 Å². The number of methoxy groups -OCH3 is 2. The van der Waals surface area contributed by atoms with Crippen molar-refractivity contribution in [2.75, 3.05) is 52.8 Å². The molecule has 298 valence electrons. The Balaban J connectivity index is 0.864. The van der Waals surface area contributed by atoms with Crippen molar-refractivity contribution in [3.63, 3.8) is 0 Å². The van der Waals surface area contributed by atoms with Gasteiger partial charge in [-0.2, -0.15) is 0 Å². The number of benzene rings is 2. The molecule has 2 aromatic heterocycles. The molecule has 1 unspecified atom stereocenters. The smallest absolute Gasteiger partial charge is 0.262 e. The fourth-order valence-corrected chi connectivity index (χ4v) is 8.98. The second-order valence-corrected chi connectivity index (χ2v) is 16.0. The third-order valence-electron chi connectivity index (χ3n) is 12.2. The monoisotopic (exact) mass is 775 g/mol. The van der Waals surface area contributed by atoms with Gasteiger partial charge in [-0.1, -0.05) is 0 Å². The normalized spacial score (nSPS) is 19.0. The van der Waals surface area contributed by atoms with Gasteiger partial charge in [0.15, 0.2) is 0 Å². The number of aryl methyl sites for hydroxylation is 1. The highest BCUT2D eigenvalue weighted by atomic mass is 16.5. The van der Waals surface area contributed by atoms with Crippen LogP contribution in [0.5, 0.6) is 11.5 Å². The molecule has 0 radical (unpaired) electrons. The Labute approximate surface area is 331 Å². The number of carbonyl (C=O) groups is 4. The first-order valence-corrected chi connectivity index (χ1v) is 19.7. The molecule has 0 spiro atoms. The number of anilines is 1. The minimum atomic E-state index is -0.956. The molecule has 57 heavy (non-hydrogen) atoms. The molecule has 14 heteroatoms. The van der Waals surface area contributed by atoms with Crippen LogP contribution >= 0.6 is 0 Å². The van der Waals surface area contributed by atoms with Crippen LogP contribution in [0.15, 0.2) is 47.5 Å². The molecule has 0 bridgehead atoms. The van der Waals surface area contributed by atoms with Crippen LogP contribution in [0.4, 0.5) is 5.82 Å². The van der Waals surface area contributed by atoms with Gasteiger partial charge in [0.25, 0.3) is 17.4 Å². The molecule has 8 rings (SSSR count). The lowest BCUT2D eigenvalue weighted by molar-refractivity contribution is -0.136. The van der Waals surface area contributed by atoms with Crippen molar-refractivity contribution in [1.29, 1.82) is 0 Å². The topological polar surface area (TPSA) is 147 Å². The van der Waals surface area contributed by atoms with E-state index >= 15 is 0 Å². The molecule has 14 nitrogen and oxygen atoms in total. The van der Waals surface area contributed by atoms with Gasteiger partial charge in [0.2, 0.25) is 11.8 Å². The lowest BCUT2D eigenvalue weighted by Gasteiger charge is -2.33. The molecule has 2 fully saturated rings. The SMILES string of the molecule is COc1cc(-c2cn(C)c(=O)c3cnc(N(C)C)cc23)cc(OC)c1CN1CCC(CCCN2Cc3cc4c(cc3C2)C(=O)N(C2CCC(=O)NC2=O)C4=O)CC1. The van der Waals surface area contributed by atoms with E-state index in [2.05, 4.69) is 20.1 Å². The number of rotatable bonds is 11. The summed E-state index contributed by atoms with van der Waals surface area (Å²) in [5, 5.41) is 3.63. The summed E-state index contributed by atoms with van der Waals surface area (Å²) in [6.07, 6.45) is 8.17. The van der Waals surface area contributed by atoms with Crippen LogP contribution in [0.1, 0.15) is 75.9 Å². The zero-order valence-electron chi connectivity index (χ0n) is 33.2. The van der Waals surface area contributed by atoms with Crippen LogP contribution in [-0.4, -0.2) is 102 Å². The summed E-state index contributed by atoms with van der Waals surface area (Å²) in [5.74, 6) is 0.984. The summed E-state index contributed by atoms with van der Waals surface area (Å²) < 4.78 is 13.5. The van der Waals surface area contributed by atoms with Crippen LogP contribution in [0.25, 0.3) is 21.9 Å². The Morgan fingerprint density at radius 3 is 2.07 bits per heavy atom. The number of hydrogen-bond acceptors (Lipinski definition) is 11. The number of aromatic nitrogens is 2. The third-order valence-corrected chi connectivity index (χ3v) is 12.2. The number of imide groups is 2. The number of amides is 4. The highest BCUT2D eigenvalue weighted by Gasteiger charge is 2.45. The summed E-state index contributed by atoms with van der Waals surface area (Å²) >= 11 is 0. The Kier molecular flexibility index (Phi) is 10.3. The predicted molar refractivity (Wildman–Crippen MR) is 214 cm³/mol. The molecule has 0 aliphatic carbocycles. The minimum absolute atomic E-state index is 0.101. The largest absolute Gasteiger partial charge is 0.496 e. The second-order valence-electron chi connectivity index (χ2n) is 16.0. The number of nitrogens with one attached hydrogen (secondary N) is 1. The zero-order valence-corrected chi connectivity index (χ0v) is 33.2. The van der Waals surface area contributed by atoms with Crippen LogP contribution in [-0.2, 0) is 36.3 Å². The van der Waals surface area contributed by atoms with Gasteiger partial charge >= 0.3 is 0 Å². The molecule has 2 aromatic carbocycles. The van der Waals surface area contributed by atoms with E-state index in [1.54, 1.807) is 32.0 Å². The molecule has 4 aromatic rings. The van der Waals surface area contributed by atoms with Gasteiger partial charge in [0.05, 0.1) is 36.3 Å². The Bertz CT molecular complexity index is 2290. The average Bonchev–Trinajstić information content (AvgIpc) is 3.71. The van der Waals surface area contributed by atoms with Crippen molar-refractivity contribution in [1.82, 2.24) is 29.6 Å². The highest BCUT2D eigenvalue weighted by molar-refractivity contribution is 6.23. The molecule has 0 saturated carbocycles. The summed E-state index contributed by atoms with van der Waals surface area (Å²) in [6.45, 7) is 5.02. The lowest BCUT2D eigenvalue weighted by atomic mass is 9.91. The predicted octanol–water partition coefficient (Wildman–Crippen LogP) is 4.09. The van der Waals surface area contributed by atoms with E-state index < -0.39 is 23.8 Å². The van der Waals surface area contributed by atoms with E-state index in [1.807, 2.05) is 55.5 Å². The maximum Gasteiger partial charge on any atom is 0.262 e.